The zero-order valence-corrected chi connectivity index (χ0v) is 8.24. The monoisotopic (exact) mass is 228 g/mol. The average molecular weight is 228 g/mol. The van der Waals surface area contributed by atoms with E-state index in [0.717, 1.165) is 0 Å². The molecule has 0 radical (unpaired) electrons. The van der Waals surface area contributed by atoms with Gasteiger partial charge in [-0.25, -0.2) is 0 Å². The molecule has 0 saturated heterocycles. The van der Waals surface area contributed by atoms with Crippen molar-refractivity contribution in [2.45, 2.75) is 4.68 Å². The van der Waals surface area contributed by atoms with Gasteiger partial charge in [0.1, 0.15) is 0 Å². The summed E-state index contributed by atoms with van der Waals surface area (Å²) >= 11 is -2.12. The van der Waals surface area contributed by atoms with Gasteiger partial charge in [-0.05, 0) is 0 Å². The van der Waals surface area contributed by atoms with Crippen molar-refractivity contribution < 1.29 is 4.92 Å². The third kappa shape index (κ3) is 1.32. The predicted octanol–water partition coefficient (Wildman–Crippen LogP) is 0.392. The molecule has 1 heterocycles. The summed E-state index contributed by atoms with van der Waals surface area (Å²) < 4.78 is 6.28. The molecule has 0 bridgehead atoms. The normalized spacial score (nSPS) is 16.1. The van der Waals surface area contributed by atoms with Crippen molar-refractivity contribution in [2.75, 3.05) is 0 Å². The van der Waals surface area contributed by atoms with Crippen LogP contribution in [0.5, 0.6) is 0 Å². The Hall–Kier alpha value is -0.320. The Balaban J connectivity index is 2.76. The molecule has 0 fully saturated rings. The fraction of sp³-hybridized carbons (Fsp3) is 0.250. The van der Waals surface area contributed by atoms with Crippen LogP contribution in [0.25, 0.3) is 0 Å². The first kappa shape index (κ1) is 6.80. The molecule has 1 aliphatic heterocycles. The van der Waals surface area contributed by atoms with Crippen molar-refractivity contribution in [3.05, 3.63) is 19.6 Å². The molecule has 0 aromatic heterocycles. The van der Waals surface area contributed by atoms with Gasteiger partial charge in [-0.3, -0.25) is 0 Å². The number of rotatable bonds is 1. The number of hydrogen-bond acceptors (Lipinski definition) is 3. The van der Waals surface area contributed by atoms with Gasteiger partial charge < -0.3 is 0 Å². The molecule has 1 rings (SSSR count). The van der Waals surface area contributed by atoms with Gasteiger partial charge in [0.25, 0.3) is 0 Å². The maximum absolute atomic E-state index is 10.1. The Labute approximate surface area is 60.4 Å². The summed E-state index contributed by atoms with van der Waals surface area (Å²) in [5, 5.41) is 10.1. The summed E-state index contributed by atoms with van der Waals surface area (Å²) in [6.07, 6.45) is 3.07. The van der Waals surface area contributed by atoms with E-state index in [1.807, 2.05) is 4.68 Å². The number of nitrogens with zero attached hydrogens (tertiary/aromatic N) is 2. The summed E-state index contributed by atoms with van der Waals surface area (Å²) in [4.78, 5) is 9.81. The Kier molecular flexibility index (Phi) is 1.90. The molecule has 0 aliphatic carbocycles. The van der Waals surface area contributed by atoms with Gasteiger partial charge in [-0.1, -0.05) is 0 Å². The molecule has 5 heteroatoms. The van der Waals surface area contributed by atoms with Gasteiger partial charge in [0.2, 0.25) is 0 Å². The van der Waals surface area contributed by atoms with E-state index < -0.39 is 21.7 Å². The maximum atomic E-state index is 10.1. The van der Waals surface area contributed by atoms with Crippen LogP contribution in [0.4, 0.5) is 0 Å². The van der Waals surface area contributed by atoms with E-state index in [-0.39, 0.29) is 4.92 Å². The van der Waals surface area contributed by atoms with Crippen LogP contribution in [0.3, 0.4) is 0 Å². The second-order valence-corrected chi connectivity index (χ2v) is 8.22. The van der Waals surface area contributed by atoms with Crippen LogP contribution in [-0.4, -0.2) is 32.9 Å². The number of allylic oxidation sites excluding steroid dienone is 1. The fourth-order valence-corrected chi connectivity index (χ4v) is 4.01. The molecule has 46 valence electrons. The topological polar surface area (TPSA) is 55.5 Å². The zero-order chi connectivity index (χ0) is 6.85. The van der Waals surface area contributed by atoms with Gasteiger partial charge in [0.05, 0.1) is 0 Å². The van der Waals surface area contributed by atoms with E-state index in [1.54, 1.807) is 6.21 Å². The Morgan fingerprint density at radius 2 is 2.56 bits per heavy atom. The van der Waals surface area contributed by atoms with E-state index in [2.05, 4.69) is 2.98 Å². The van der Waals surface area contributed by atoms with Gasteiger partial charge in [-0.2, -0.15) is 0 Å². The zero-order valence-electron chi connectivity index (χ0n) is 4.94. The first-order chi connectivity index (χ1) is 4.22. The van der Waals surface area contributed by atoms with E-state index in [9.17, 15) is 10.1 Å². The molecular formula is C4H5InN2O2. The first-order valence-electron chi connectivity index (χ1n) is 2.59. The van der Waals surface area contributed by atoms with Crippen LogP contribution < -0.4 is 0 Å². The van der Waals surface area contributed by atoms with Gasteiger partial charge in [-0.15, -0.1) is 0 Å². The molecular weight excluding hydrogens is 223 g/mol. The van der Waals surface area contributed by atoms with Crippen molar-refractivity contribution in [2.24, 2.45) is 2.98 Å². The van der Waals surface area contributed by atoms with E-state index >= 15 is 0 Å². The molecule has 0 unspecified atom stereocenters. The summed E-state index contributed by atoms with van der Waals surface area (Å²) in [5.74, 6) is 0. The Bertz CT molecular complexity index is 199. The summed E-state index contributed by atoms with van der Waals surface area (Å²) in [5.41, 5.74) is 0. The van der Waals surface area contributed by atoms with Crippen LogP contribution in [0.2, 0.25) is 4.68 Å². The second-order valence-electron chi connectivity index (χ2n) is 1.82. The van der Waals surface area contributed by atoms with E-state index in [4.69, 9.17) is 0 Å². The quantitative estimate of drug-likeness (QED) is 0.481. The Morgan fingerprint density at radius 3 is 2.78 bits per heavy atom. The predicted molar refractivity (Wildman–Crippen MR) is 35.2 cm³/mol. The summed E-state index contributed by atoms with van der Waals surface area (Å²) in [6, 6.07) is 0. The average Bonchev–Trinajstić information content (AvgIpc) is 2.13. The van der Waals surface area contributed by atoms with Crippen LogP contribution in [0.15, 0.2) is 12.5 Å². The standard InChI is InChI=1S/C3H2N2O2.CH3.In/c4-2-1-3-5(6)7;;/h1-2H;1H3;/q-1;;+1. The van der Waals surface area contributed by atoms with Crippen LogP contribution in [-0.2, 0) is 0 Å². The third-order valence-corrected chi connectivity index (χ3v) is 6.56. The third-order valence-electron chi connectivity index (χ3n) is 1.19. The molecule has 0 atom stereocenters. The van der Waals surface area contributed by atoms with Gasteiger partial charge in [0, 0.05) is 0 Å². The second kappa shape index (κ2) is 2.51. The van der Waals surface area contributed by atoms with Crippen molar-refractivity contribution >= 4 is 27.9 Å². The summed E-state index contributed by atoms with van der Waals surface area (Å²) in [6.45, 7) is 0. The van der Waals surface area contributed by atoms with E-state index in [0.29, 0.717) is 3.45 Å². The summed E-state index contributed by atoms with van der Waals surface area (Å²) in [7, 11) is 0. The van der Waals surface area contributed by atoms with Crippen molar-refractivity contribution in [3.8, 4) is 0 Å². The molecule has 0 spiro atoms. The molecule has 1 aliphatic rings. The van der Waals surface area contributed by atoms with Gasteiger partial charge in [0.15, 0.2) is 0 Å². The number of hydrogen-bond donors (Lipinski definition) is 0. The van der Waals surface area contributed by atoms with Gasteiger partial charge >= 0.3 is 60.2 Å². The van der Waals surface area contributed by atoms with Crippen molar-refractivity contribution in [1.29, 1.82) is 0 Å². The van der Waals surface area contributed by atoms with Crippen LogP contribution in [0.1, 0.15) is 0 Å². The molecule has 9 heavy (non-hydrogen) atoms. The van der Waals surface area contributed by atoms with Crippen LogP contribution in [0, 0.1) is 10.1 Å². The molecule has 0 N–H and O–H groups in total. The molecule has 0 saturated carbocycles. The SMILES string of the molecule is [CH3][In]1[N]=CC=[C]1[N+](=O)[O-]. The molecule has 0 aromatic carbocycles. The minimum atomic E-state index is -2.12. The Morgan fingerprint density at radius 1 is 1.89 bits per heavy atom. The minimum absolute atomic E-state index is 0.312. The number of nitro groups is 1. The molecule has 0 amide bonds. The molecule has 4 nitrogen and oxygen atoms in total. The van der Waals surface area contributed by atoms with Crippen molar-refractivity contribution in [1.82, 2.24) is 0 Å². The van der Waals surface area contributed by atoms with Crippen LogP contribution >= 0.6 is 0 Å². The van der Waals surface area contributed by atoms with Crippen molar-refractivity contribution in [3.63, 3.8) is 0 Å². The molecule has 0 aromatic rings. The fourth-order valence-electron chi connectivity index (χ4n) is 0.678. The first-order valence-corrected chi connectivity index (χ1v) is 9.01. The van der Waals surface area contributed by atoms with E-state index in [1.165, 1.54) is 6.08 Å².